The summed E-state index contributed by atoms with van der Waals surface area (Å²) < 4.78 is 2.28. The second kappa shape index (κ2) is 4.07. The fourth-order valence-electron chi connectivity index (χ4n) is 2.47. The standard InChI is InChI=1S/C13H16N2S/c14-13-3-1-2-11-7-15(8-12(11)13)6-10-4-5-16-9-10/h4-5,7-9,13H,1-3,6,14H2. The Kier molecular flexibility index (Phi) is 2.58. The first kappa shape index (κ1) is 10.1. The topological polar surface area (TPSA) is 30.9 Å². The number of fused-ring (bicyclic) bond motifs is 1. The zero-order valence-electron chi connectivity index (χ0n) is 9.23. The van der Waals surface area contributed by atoms with Crippen LogP contribution in [0.3, 0.4) is 0 Å². The molecule has 2 heterocycles. The van der Waals surface area contributed by atoms with Gasteiger partial charge < -0.3 is 10.3 Å². The number of aromatic nitrogens is 1. The molecule has 1 atom stereocenters. The fraction of sp³-hybridized carbons (Fsp3) is 0.385. The first-order valence-electron chi connectivity index (χ1n) is 5.78. The van der Waals surface area contributed by atoms with Gasteiger partial charge in [-0.3, -0.25) is 0 Å². The number of rotatable bonds is 2. The average Bonchev–Trinajstić information content (AvgIpc) is 2.88. The zero-order valence-corrected chi connectivity index (χ0v) is 10.0. The molecule has 1 aliphatic carbocycles. The van der Waals surface area contributed by atoms with Gasteiger partial charge in [0.25, 0.3) is 0 Å². The van der Waals surface area contributed by atoms with Crippen LogP contribution in [0.15, 0.2) is 29.2 Å². The predicted molar refractivity (Wildman–Crippen MR) is 67.7 cm³/mol. The van der Waals surface area contributed by atoms with Gasteiger partial charge in [-0.2, -0.15) is 11.3 Å². The van der Waals surface area contributed by atoms with Crippen LogP contribution < -0.4 is 5.73 Å². The Morgan fingerprint density at radius 1 is 1.44 bits per heavy atom. The summed E-state index contributed by atoms with van der Waals surface area (Å²) in [6.45, 7) is 0.975. The molecule has 3 rings (SSSR count). The van der Waals surface area contributed by atoms with Gasteiger partial charge in [0.1, 0.15) is 0 Å². The monoisotopic (exact) mass is 232 g/mol. The molecule has 0 amide bonds. The zero-order chi connectivity index (χ0) is 11.0. The van der Waals surface area contributed by atoms with Crippen LogP contribution in [0.2, 0.25) is 0 Å². The molecule has 84 valence electrons. The number of hydrogen-bond donors (Lipinski definition) is 1. The molecule has 2 aromatic rings. The van der Waals surface area contributed by atoms with E-state index in [1.807, 2.05) is 0 Å². The van der Waals surface area contributed by atoms with Crippen LogP contribution in [0.4, 0.5) is 0 Å². The van der Waals surface area contributed by atoms with Crippen molar-refractivity contribution in [2.75, 3.05) is 0 Å². The maximum absolute atomic E-state index is 6.12. The second-order valence-corrected chi connectivity index (χ2v) is 5.32. The van der Waals surface area contributed by atoms with E-state index in [2.05, 4.69) is 33.8 Å². The predicted octanol–water partition coefficient (Wildman–Crippen LogP) is 2.93. The van der Waals surface area contributed by atoms with Crippen molar-refractivity contribution in [1.82, 2.24) is 4.57 Å². The molecule has 1 aliphatic rings. The largest absolute Gasteiger partial charge is 0.349 e. The van der Waals surface area contributed by atoms with Crippen LogP contribution in [0.1, 0.15) is 35.6 Å². The van der Waals surface area contributed by atoms with Crippen molar-refractivity contribution in [2.24, 2.45) is 5.73 Å². The van der Waals surface area contributed by atoms with E-state index in [9.17, 15) is 0 Å². The summed E-state index contributed by atoms with van der Waals surface area (Å²) in [6, 6.07) is 2.44. The van der Waals surface area contributed by atoms with Gasteiger partial charge in [0, 0.05) is 25.0 Å². The molecular formula is C13H16N2S. The minimum Gasteiger partial charge on any atom is -0.349 e. The minimum absolute atomic E-state index is 0.257. The van der Waals surface area contributed by atoms with Crippen molar-refractivity contribution in [1.29, 1.82) is 0 Å². The first-order chi connectivity index (χ1) is 7.83. The lowest BCUT2D eigenvalue weighted by molar-refractivity contribution is 0.573. The van der Waals surface area contributed by atoms with Gasteiger partial charge >= 0.3 is 0 Å². The van der Waals surface area contributed by atoms with Gasteiger partial charge in [-0.25, -0.2) is 0 Å². The molecule has 2 aromatic heterocycles. The summed E-state index contributed by atoms with van der Waals surface area (Å²) >= 11 is 1.76. The number of nitrogens with two attached hydrogens (primary N) is 1. The van der Waals surface area contributed by atoms with Crippen molar-refractivity contribution in [3.8, 4) is 0 Å². The molecule has 0 aromatic carbocycles. The van der Waals surface area contributed by atoms with E-state index in [0.717, 1.165) is 13.0 Å². The van der Waals surface area contributed by atoms with Crippen LogP contribution in [-0.4, -0.2) is 4.57 Å². The molecule has 0 radical (unpaired) electrons. The first-order valence-corrected chi connectivity index (χ1v) is 6.72. The quantitative estimate of drug-likeness (QED) is 0.848. The summed E-state index contributed by atoms with van der Waals surface area (Å²) in [6.07, 6.45) is 8.06. The summed E-state index contributed by atoms with van der Waals surface area (Å²) in [7, 11) is 0. The lowest BCUT2D eigenvalue weighted by atomic mass is 9.92. The van der Waals surface area contributed by atoms with Gasteiger partial charge in [0.2, 0.25) is 0 Å². The molecule has 16 heavy (non-hydrogen) atoms. The van der Waals surface area contributed by atoms with Gasteiger partial charge in [-0.15, -0.1) is 0 Å². The molecule has 2 N–H and O–H groups in total. The highest BCUT2D eigenvalue weighted by Crippen LogP contribution is 2.28. The molecule has 0 spiro atoms. The van der Waals surface area contributed by atoms with E-state index in [-0.39, 0.29) is 6.04 Å². The second-order valence-electron chi connectivity index (χ2n) is 4.54. The van der Waals surface area contributed by atoms with Crippen molar-refractivity contribution in [3.63, 3.8) is 0 Å². The number of thiophene rings is 1. The van der Waals surface area contributed by atoms with E-state index in [0.29, 0.717) is 0 Å². The minimum atomic E-state index is 0.257. The van der Waals surface area contributed by atoms with Crippen molar-refractivity contribution < 1.29 is 0 Å². The van der Waals surface area contributed by atoms with Gasteiger partial charge in [0.15, 0.2) is 0 Å². The molecule has 2 nitrogen and oxygen atoms in total. The van der Waals surface area contributed by atoms with Crippen LogP contribution in [0.25, 0.3) is 0 Å². The van der Waals surface area contributed by atoms with Crippen molar-refractivity contribution in [2.45, 2.75) is 31.8 Å². The molecule has 0 saturated heterocycles. The van der Waals surface area contributed by atoms with E-state index < -0.39 is 0 Å². The van der Waals surface area contributed by atoms with Gasteiger partial charge in [-0.05, 0) is 52.8 Å². The molecule has 0 fully saturated rings. The van der Waals surface area contributed by atoms with Crippen LogP contribution in [0, 0.1) is 0 Å². The maximum atomic E-state index is 6.12. The molecule has 0 saturated carbocycles. The Bertz CT molecular complexity index is 470. The van der Waals surface area contributed by atoms with Crippen LogP contribution in [0.5, 0.6) is 0 Å². The van der Waals surface area contributed by atoms with E-state index in [1.54, 1.807) is 11.3 Å². The summed E-state index contributed by atoms with van der Waals surface area (Å²) in [5.74, 6) is 0. The van der Waals surface area contributed by atoms with Gasteiger partial charge in [-0.1, -0.05) is 0 Å². The third-order valence-corrected chi connectivity index (χ3v) is 4.04. The number of aryl methyl sites for hydroxylation is 1. The lowest BCUT2D eigenvalue weighted by Crippen LogP contribution is -2.15. The lowest BCUT2D eigenvalue weighted by Gasteiger charge is -2.17. The Morgan fingerprint density at radius 2 is 2.38 bits per heavy atom. The molecule has 3 heteroatoms. The van der Waals surface area contributed by atoms with Crippen LogP contribution >= 0.6 is 11.3 Å². The summed E-state index contributed by atoms with van der Waals surface area (Å²) in [5, 5.41) is 4.34. The molecule has 0 aliphatic heterocycles. The Morgan fingerprint density at radius 3 is 3.12 bits per heavy atom. The molecule has 0 bridgehead atoms. The van der Waals surface area contributed by atoms with E-state index in [1.165, 1.54) is 29.5 Å². The number of hydrogen-bond acceptors (Lipinski definition) is 2. The third-order valence-electron chi connectivity index (χ3n) is 3.30. The van der Waals surface area contributed by atoms with Crippen molar-refractivity contribution in [3.05, 3.63) is 45.9 Å². The molecule has 1 unspecified atom stereocenters. The summed E-state index contributed by atoms with van der Waals surface area (Å²) in [4.78, 5) is 0. The van der Waals surface area contributed by atoms with E-state index in [4.69, 9.17) is 5.73 Å². The summed E-state index contributed by atoms with van der Waals surface area (Å²) in [5.41, 5.74) is 10.3. The Balaban J connectivity index is 1.87. The average molecular weight is 232 g/mol. The van der Waals surface area contributed by atoms with Gasteiger partial charge in [0.05, 0.1) is 0 Å². The Labute approximate surface area is 99.7 Å². The van der Waals surface area contributed by atoms with Crippen molar-refractivity contribution >= 4 is 11.3 Å². The highest BCUT2D eigenvalue weighted by atomic mass is 32.1. The Hall–Kier alpha value is -1.06. The normalized spacial score (nSPS) is 19.7. The highest BCUT2D eigenvalue weighted by Gasteiger charge is 2.18. The highest BCUT2D eigenvalue weighted by molar-refractivity contribution is 7.07. The van der Waals surface area contributed by atoms with E-state index >= 15 is 0 Å². The number of nitrogens with zero attached hydrogens (tertiary/aromatic N) is 1. The third kappa shape index (κ3) is 1.81. The molecular weight excluding hydrogens is 216 g/mol. The van der Waals surface area contributed by atoms with Crippen LogP contribution in [-0.2, 0) is 13.0 Å². The SMILES string of the molecule is NC1CCCc2cn(Cc3ccsc3)cc21. The fourth-order valence-corrected chi connectivity index (χ4v) is 3.13. The maximum Gasteiger partial charge on any atom is 0.0478 e. The smallest absolute Gasteiger partial charge is 0.0478 e.